The van der Waals surface area contributed by atoms with Gasteiger partial charge in [0.1, 0.15) is 17.8 Å². The highest BCUT2D eigenvalue weighted by molar-refractivity contribution is 6.30. The summed E-state index contributed by atoms with van der Waals surface area (Å²) in [5, 5.41) is 16.2. The van der Waals surface area contributed by atoms with E-state index in [1.54, 1.807) is 33.2 Å². The van der Waals surface area contributed by atoms with Gasteiger partial charge in [-0.15, -0.1) is 0 Å². The quantitative estimate of drug-likeness (QED) is 0.129. The minimum atomic E-state index is -1.34. The minimum Gasteiger partial charge on any atom is -0.468 e. The van der Waals surface area contributed by atoms with Crippen LogP contribution in [0.1, 0.15) is 38.3 Å². The summed E-state index contributed by atoms with van der Waals surface area (Å²) >= 11 is 5.98. The number of fused-ring (bicyclic) bond motifs is 1. The second-order valence-corrected chi connectivity index (χ2v) is 14.3. The minimum absolute atomic E-state index is 0.113. The fourth-order valence-corrected chi connectivity index (χ4v) is 6.50. The molecule has 1 aromatic heterocycles. The van der Waals surface area contributed by atoms with Crippen molar-refractivity contribution in [2.75, 3.05) is 26.9 Å². The molecule has 3 N–H and O–H groups in total. The number of ether oxygens (including phenoxy) is 4. The number of halogens is 2. The van der Waals surface area contributed by atoms with Crippen LogP contribution in [0.15, 0.2) is 67.0 Å². The molecule has 0 bridgehead atoms. The average Bonchev–Trinajstić information content (AvgIpc) is 3.71. The van der Waals surface area contributed by atoms with Gasteiger partial charge in [-0.25, -0.2) is 14.2 Å². The Morgan fingerprint density at radius 2 is 1.88 bits per heavy atom. The van der Waals surface area contributed by atoms with E-state index in [2.05, 4.69) is 15.7 Å². The number of methoxy groups -OCH3 is 1. The first-order chi connectivity index (χ1) is 24.3. The van der Waals surface area contributed by atoms with E-state index < -0.39 is 59.7 Å². The number of aromatic nitrogens is 1. The summed E-state index contributed by atoms with van der Waals surface area (Å²) in [5.41, 5.74) is 4.63. The van der Waals surface area contributed by atoms with Crippen molar-refractivity contribution in [2.45, 2.75) is 64.7 Å². The molecule has 2 saturated heterocycles. The van der Waals surface area contributed by atoms with Gasteiger partial charge in [0.05, 0.1) is 38.4 Å². The molecule has 12 nitrogen and oxygen atoms in total. The monoisotopic (exact) mass is 726 g/mol. The molecule has 2 aromatic carbocycles. The third kappa shape index (κ3) is 10.0. The fourth-order valence-electron chi connectivity index (χ4n) is 6.34. The summed E-state index contributed by atoms with van der Waals surface area (Å²) in [6, 6.07) is 14.5. The van der Waals surface area contributed by atoms with Gasteiger partial charge in [0.2, 0.25) is 5.91 Å². The van der Waals surface area contributed by atoms with Crippen molar-refractivity contribution in [1.29, 1.82) is 0 Å². The number of carbonyl (C=O) groups excluding carboxylic acids is 3. The summed E-state index contributed by atoms with van der Waals surface area (Å²) in [4.78, 5) is 43.9. The SMILES string of the molecule is COC(=O)C(C(=O)NC(Cc1ccc(-c2cccnc2)cc1)C(O)CN(Cc1ccc(Cl)cc1F)NC(=O)OC1COC2OCCC12)C(C)(C)C. The fraction of sp³-hybridized carbons (Fsp3) is 0.459. The van der Waals surface area contributed by atoms with Gasteiger partial charge in [0, 0.05) is 36.1 Å². The Balaban J connectivity index is 1.39. The Bertz CT molecular complexity index is 1660. The van der Waals surface area contributed by atoms with Crippen molar-refractivity contribution in [3.8, 4) is 11.1 Å². The number of carbonyl (C=O) groups is 3. The van der Waals surface area contributed by atoms with Crippen LogP contribution in [0, 0.1) is 23.1 Å². The van der Waals surface area contributed by atoms with Crippen LogP contribution in [0.2, 0.25) is 5.02 Å². The van der Waals surface area contributed by atoms with E-state index in [1.165, 1.54) is 24.3 Å². The first-order valence-electron chi connectivity index (χ1n) is 16.8. The maximum absolute atomic E-state index is 15.0. The maximum atomic E-state index is 15.0. The Morgan fingerprint density at radius 3 is 2.55 bits per heavy atom. The van der Waals surface area contributed by atoms with E-state index in [0.29, 0.717) is 13.0 Å². The number of hydrogen-bond donors (Lipinski definition) is 3. The zero-order valence-corrected chi connectivity index (χ0v) is 29.8. The first kappa shape index (κ1) is 38.1. The number of esters is 1. The van der Waals surface area contributed by atoms with E-state index in [0.717, 1.165) is 22.8 Å². The number of rotatable bonds is 13. The highest BCUT2D eigenvalue weighted by atomic mass is 35.5. The van der Waals surface area contributed by atoms with Gasteiger partial charge in [0.25, 0.3) is 0 Å². The number of aliphatic hydroxyl groups is 1. The number of hydrogen-bond acceptors (Lipinski definition) is 10. The Labute approximate surface area is 301 Å². The number of benzene rings is 2. The largest absolute Gasteiger partial charge is 0.468 e. The standard InChI is InChI=1S/C37H44ClFN4O8/c1-37(2,3)32(34(46)48-4)33(45)41-29(16-22-7-9-23(10-8-22)24-6-5-14-40-18-24)30(44)20-43(19-25-11-12-26(38)17-28(25)39)42-36(47)51-31-21-50-35-27(31)13-15-49-35/h5-12,14,17-18,27,29-32,35,44H,13,15-16,19-21H2,1-4H3,(H,41,45)(H,42,47). The van der Waals surface area contributed by atoms with E-state index in [1.807, 2.05) is 36.4 Å². The van der Waals surface area contributed by atoms with Gasteiger partial charge >= 0.3 is 12.1 Å². The molecule has 6 atom stereocenters. The van der Waals surface area contributed by atoms with E-state index >= 15 is 0 Å². The Kier molecular flexibility index (Phi) is 12.6. The predicted molar refractivity (Wildman–Crippen MR) is 185 cm³/mol. The number of aliphatic hydroxyl groups excluding tert-OH is 1. The lowest BCUT2D eigenvalue weighted by Gasteiger charge is -2.33. The van der Waals surface area contributed by atoms with Crippen LogP contribution in [-0.4, -0.2) is 84.5 Å². The first-order valence-corrected chi connectivity index (χ1v) is 17.1. The van der Waals surface area contributed by atoms with E-state index in [4.69, 9.17) is 30.5 Å². The molecule has 5 rings (SSSR count). The molecule has 3 heterocycles. The van der Waals surface area contributed by atoms with Gasteiger partial charge in [-0.1, -0.05) is 68.8 Å². The molecule has 14 heteroatoms. The van der Waals surface area contributed by atoms with Crippen LogP contribution < -0.4 is 10.7 Å². The Morgan fingerprint density at radius 1 is 1.12 bits per heavy atom. The van der Waals surface area contributed by atoms with Crippen LogP contribution in [0.25, 0.3) is 11.1 Å². The molecule has 0 radical (unpaired) electrons. The molecule has 2 fully saturated rings. The van der Waals surface area contributed by atoms with Gasteiger partial charge in [-0.2, -0.15) is 0 Å². The van der Waals surface area contributed by atoms with Crippen LogP contribution in [-0.2, 0) is 41.5 Å². The summed E-state index contributed by atoms with van der Waals surface area (Å²) < 4.78 is 36.7. The second kappa shape index (κ2) is 16.9. The average molecular weight is 727 g/mol. The molecular weight excluding hydrogens is 683 g/mol. The van der Waals surface area contributed by atoms with Crippen LogP contribution in [0.5, 0.6) is 0 Å². The van der Waals surface area contributed by atoms with Gasteiger partial charge in [-0.05, 0) is 53.1 Å². The number of nitrogens with one attached hydrogen (secondary N) is 2. The lowest BCUT2D eigenvalue weighted by Crippen LogP contribution is -2.55. The van der Waals surface area contributed by atoms with Crippen LogP contribution in [0.3, 0.4) is 0 Å². The molecule has 274 valence electrons. The van der Waals surface area contributed by atoms with Gasteiger partial charge < -0.3 is 29.4 Å². The zero-order valence-electron chi connectivity index (χ0n) is 29.0. The molecular formula is C37H44ClFN4O8. The summed E-state index contributed by atoms with van der Waals surface area (Å²) in [6.45, 7) is 5.43. The highest BCUT2D eigenvalue weighted by Gasteiger charge is 2.44. The van der Waals surface area contributed by atoms with Crippen molar-refractivity contribution in [3.63, 3.8) is 0 Å². The van der Waals surface area contributed by atoms with Crippen molar-refractivity contribution >= 4 is 29.6 Å². The molecule has 6 unspecified atom stereocenters. The smallest absolute Gasteiger partial charge is 0.422 e. The molecule has 2 aliphatic rings. The lowest BCUT2D eigenvalue weighted by molar-refractivity contribution is -0.155. The van der Waals surface area contributed by atoms with Crippen molar-refractivity contribution < 1.29 is 42.8 Å². The molecule has 0 saturated carbocycles. The topological polar surface area (TPSA) is 149 Å². The Hall–Kier alpha value is -4.14. The highest BCUT2D eigenvalue weighted by Crippen LogP contribution is 2.33. The number of pyridine rings is 1. The molecule has 2 aliphatic heterocycles. The van der Waals surface area contributed by atoms with Crippen molar-refractivity contribution in [1.82, 2.24) is 20.7 Å². The van der Waals surface area contributed by atoms with Crippen LogP contribution in [0.4, 0.5) is 9.18 Å². The molecule has 0 spiro atoms. The second-order valence-electron chi connectivity index (χ2n) is 13.8. The van der Waals surface area contributed by atoms with Crippen molar-refractivity contribution in [3.05, 3.63) is 89.0 Å². The third-order valence-corrected chi connectivity index (χ3v) is 9.27. The van der Waals surface area contributed by atoms with Crippen molar-refractivity contribution in [2.24, 2.45) is 17.3 Å². The van der Waals surface area contributed by atoms with E-state index in [-0.39, 0.29) is 42.6 Å². The number of nitrogens with zero attached hydrogens (tertiary/aromatic N) is 2. The maximum Gasteiger partial charge on any atom is 0.422 e. The zero-order chi connectivity index (χ0) is 36.7. The normalized spacial score (nSPS) is 20.3. The molecule has 2 amide bonds. The lowest BCUT2D eigenvalue weighted by atomic mass is 9.80. The predicted octanol–water partition coefficient (Wildman–Crippen LogP) is 4.67. The molecule has 51 heavy (non-hydrogen) atoms. The summed E-state index contributed by atoms with van der Waals surface area (Å²) in [5.74, 6) is -3.27. The number of amides is 2. The van der Waals surface area contributed by atoms with Gasteiger partial charge in [-0.3, -0.25) is 20.0 Å². The van der Waals surface area contributed by atoms with Crippen LogP contribution >= 0.6 is 11.6 Å². The van der Waals surface area contributed by atoms with E-state index in [9.17, 15) is 23.9 Å². The summed E-state index contributed by atoms with van der Waals surface area (Å²) in [7, 11) is 1.21. The van der Waals surface area contributed by atoms with Gasteiger partial charge in [0.15, 0.2) is 6.29 Å². The number of hydrazine groups is 1. The molecule has 3 aromatic rings. The molecule has 0 aliphatic carbocycles. The third-order valence-electron chi connectivity index (χ3n) is 9.04. The summed E-state index contributed by atoms with van der Waals surface area (Å²) in [6.07, 6.45) is 1.09.